The highest BCUT2D eigenvalue weighted by molar-refractivity contribution is 6.09. The first kappa shape index (κ1) is 17.9. The molecule has 0 saturated carbocycles. The van der Waals surface area contributed by atoms with E-state index < -0.39 is 0 Å². The number of benzene rings is 4. The molecule has 1 aliphatic rings. The van der Waals surface area contributed by atoms with Crippen LogP contribution < -0.4 is 10.4 Å². The fourth-order valence-corrected chi connectivity index (χ4v) is 4.76. The first-order valence-corrected chi connectivity index (χ1v) is 10.7. The van der Waals surface area contributed by atoms with Crippen LogP contribution in [-0.4, -0.2) is 4.57 Å². The summed E-state index contributed by atoms with van der Waals surface area (Å²) >= 11 is 0. The molecule has 0 fully saturated rings. The molecular weight excluding hydrogens is 374 g/mol. The minimum absolute atomic E-state index is 0.911. The molecule has 31 heavy (non-hydrogen) atoms. The van der Waals surface area contributed by atoms with Gasteiger partial charge in [0.25, 0.3) is 0 Å². The minimum atomic E-state index is 0.911. The highest BCUT2D eigenvalue weighted by Crippen LogP contribution is 2.31. The van der Waals surface area contributed by atoms with Gasteiger partial charge in [0.2, 0.25) is 0 Å². The second-order valence-electron chi connectivity index (χ2n) is 8.14. The standard InChI is InChI=1S/C30H22N/c1-21-14-17-23(26-9-3-2-8-25(21)26)20-22-15-18-24(19-16-22)31-29-12-6-4-10-27(29)28-11-5-7-13-30(28)31/h2-19H,1,20H2/q-1. The van der Waals surface area contributed by atoms with Crippen molar-refractivity contribution in [3.8, 4) is 5.69 Å². The van der Waals surface area contributed by atoms with Crippen LogP contribution in [-0.2, 0) is 6.42 Å². The summed E-state index contributed by atoms with van der Waals surface area (Å²) in [5, 5.41) is 4.91. The van der Waals surface area contributed by atoms with Crippen molar-refractivity contribution in [1.82, 2.24) is 4.57 Å². The van der Waals surface area contributed by atoms with E-state index in [0.29, 0.717) is 0 Å². The number of para-hydroxylation sites is 2. The molecule has 6 rings (SSSR count). The van der Waals surface area contributed by atoms with E-state index in [1.807, 2.05) is 0 Å². The van der Waals surface area contributed by atoms with Crippen LogP contribution in [0.1, 0.15) is 16.7 Å². The second kappa shape index (κ2) is 7.07. The first-order valence-electron chi connectivity index (χ1n) is 10.7. The van der Waals surface area contributed by atoms with Crippen LogP contribution >= 0.6 is 0 Å². The second-order valence-corrected chi connectivity index (χ2v) is 8.14. The highest BCUT2D eigenvalue weighted by Gasteiger charge is 2.11. The zero-order chi connectivity index (χ0) is 20.8. The van der Waals surface area contributed by atoms with Crippen molar-refractivity contribution >= 4 is 34.5 Å². The Bertz CT molecular complexity index is 1530. The summed E-state index contributed by atoms with van der Waals surface area (Å²) in [6.45, 7) is 4.18. The maximum Gasteiger partial charge on any atom is 0.0541 e. The van der Waals surface area contributed by atoms with Crippen molar-refractivity contribution in [2.24, 2.45) is 0 Å². The summed E-state index contributed by atoms with van der Waals surface area (Å²) in [7, 11) is 0. The Labute approximate surface area is 181 Å². The Hall–Kier alpha value is -3.97. The van der Waals surface area contributed by atoms with Gasteiger partial charge in [0, 0.05) is 16.5 Å². The van der Waals surface area contributed by atoms with E-state index >= 15 is 0 Å². The lowest BCUT2D eigenvalue weighted by molar-refractivity contribution is 1.13. The largest absolute Gasteiger partial charge is 0.309 e. The molecule has 1 aliphatic carbocycles. The molecule has 0 saturated heterocycles. The highest BCUT2D eigenvalue weighted by atomic mass is 15.0. The number of aromatic nitrogens is 1. The van der Waals surface area contributed by atoms with Gasteiger partial charge in [-0.1, -0.05) is 65.4 Å². The quantitative estimate of drug-likeness (QED) is 0.345. The Balaban J connectivity index is 1.42. The predicted molar refractivity (Wildman–Crippen MR) is 132 cm³/mol. The van der Waals surface area contributed by atoms with Crippen LogP contribution in [0.2, 0.25) is 0 Å². The fraction of sp³-hybridized carbons (Fsp3) is 0.0333. The van der Waals surface area contributed by atoms with Gasteiger partial charge in [-0.2, -0.15) is 0 Å². The summed E-state index contributed by atoms with van der Waals surface area (Å²) in [5.41, 5.74) is 7.63. The van der Waals surface area contributed by atoms with Crippen LogP contribution in [0.4, 0.5) is 0 Å². The minimum Gasteiger partial charge on any atom is -0.309 e. The molecule has 0 radical (unpaired) electrons. The molecule has 0 N–H and O–H groups in total. The molecule has 1 heterocycles. The van der Waals surface area contributed by atoms with Gasteiger partial charge >= 0.3 is 0 Å². The third-order valence-corrected chi connectivity index (χ3v) is 6.27. The van der Waals surface area contributed by atoms with Crippen molar-refractivity contribution in [1.29, 1.82) is 0 Å². The fourth-order valence-electron chi connectivity index (χ4n) is 4.76. The van der Waals surface area contributed by atoms with Crippen LogP contribution in [0.25, 0.3) is 40.1 Å². The maximum atomic E-state index is 4.18. The Morgan fingerprint density at radius 3 is 2.13 bits per heavy atom. The molecule has 0 amide bonds. The van der Waals surface area contributed by atoms with Crippen molar-refractivity contribution in [3.05, 3.63) is 131 Å². The molecule has 4 aromatic carbocycles. The van der Waals surface area contributed by atoms with Gasteiger partial charge < -0.3 is 4.57 Å². The van der Waals surface area contributed by atoms with Gasteiger partial charge in [-0.3, -0.25) is 0 Å². The molecule has 0 atom stereocenters. The van der Waals surface area contributed by atoms with Gasteiger partial charge in [-0.15, -0.1) is 53.6 Å². The lowest BCUT2D eigenvalue weighted by atomic mass is 9.93. The van der Waals surface area contributed by atoms with E-state index in [-0.39, 0.29) is 0 Å². The van der Waals surface area contributed by atoms with Gasteiger partial charge in [-0.05, 0) is 30.7 Å². The molecule has 5 aromatic rings. The van der Waals surface area contributed by atoms with E-state index in [2.05, 4.69) is 121 Å². The zero-order valence-corrected chi connectivity index (χ0v) is 17.3. The SMILES string of the molecule is C=c1ccc(Cc2ccc(-n3c4ccccc4c4ccccc43)cc2)c2c1=CC=C[CH-]2. The molecule has 1 nitrogen and oxygen atoms in total. The molecule has 148 valence electrons. The average Bonchev–Trinajstić information content (AvgIpc) is 3.16. The van der Waals surface area contributed by atoms with Crippen molar-refractivity contribution in [3.63, 3.8) is 0 Å². The molecule has 0 spiro atoms. The van der Waals surface area contributed by atoms with Gasteiger partial charge in [0.15, 0.2) is 0 Å². The van der Waals surface area contributed by atoms with E-state index in [1.165, 1.54) is 49.4 Å². The molecular formula is C30H22N-. The number of allylic oxidation sites excluding steroid dienone is 2. The Kier molecular flexibility index (Phi) is 4.07. The lowest BCUT2D eigenvalue weighted by Crippen LogP contribution is -2.29. The molecule has 1 heteroatoms. The van der Waals surface area contributed by atoms with Crippen LogP contribution in [0, 0.1) is 6.42 Å². The van der Waals surface area contributed by atoms with E-state index in [4.69, 9.17) is 0 Å². The number of rotatable bonds is 3. The van der Waals surface area contributed by atoms with E-state index in [9.17, 15) is 0 Å². The summed E-state index contributed by atoms with van der Waals surface area (Å²) in [4.78, 5) is 0. The van der Waals surface area contributed by atoms with Crippen LogP contribution in [0.3, 0.4) is 0 Å². The van der Waals surface area contributed by atoms with Gasteiger partial charge in [0.1, 0.15) is 0 Å². The third kappa shape index (κ3) is 2.90. The normalized spacial score (nSPS) is 12.5. The monoisotopic (exact) mass is 396 g/mol. The van der Waals surface area contributed by atoms with Crippen LogP contribution in [0.5, 0.6) is 0 Å². The number of hydrogen-bond donors (Lipinski definition) is 0. The summed E-state index contributed by atoms with van der Waals surface area (Å²) in [5.74, 6) is 0. The topological polar surface area (TPSA) is 4.93 Å². The summed E-state index contributed by atoms with van der Waals surface area (Å²) in [6.07, 6.45) is 9.46. The Morgan fingerprint density at radius 1 is 0.742 bits per heavy atom. The average molecular weight is 397 g/mol. The molecule has 0 unspecified atom stereocenters. The summed E-state index contributed by atoms with van der Waals surface area (Å²) < 4.78 is 2.36. The maximum absolute atomic E-state index is 4.18. The van der Waals surface area contributed by atoms with Gasteiger partial charge in [0.05, 0.1) is 11.0 Å². The lowest BCUT2D eigenvalue weighted by Gasteiger charge is -2.19. The van der Waals surface area contributed by atoms with Gasteiger partial charge in [-0.25, -0.2) is 0 Å². The third-order valence-electron chi connectivity index (χ3n) is 6.27. The zero-order valence-electron chi connectivity index (χ0n) is 17.3. The van der Waals surface area contributed by atoms with E-state index in [0.717, 1.165) is 11.6 Å². The predicted octanol–water partition coefficient (Wildman–Crippen LogP) is 5.69. The smallest absolute Gasteiger partial charge is 0.0541 e. The van der Waals surface area contributed by atoms with Crippen molar-refractivity contribution in [2.75, 3.05) is 0 Å². The van der Waals surface area contributed by atoms with Crippen molar-refractivity contribution in [2.45, 2.75) is 6.42 Å². The number of hydrogen-bond acceptors (Lipinski definition) is 0. The molecule has 0 aliphatic heterocycles. The van der Waals surface area contributed by atoms with Crippen LogP contribution in [0.15, 0.2) is 97.1 Å². The Morgan fingerprint density at radius 2 is 1.42 bits per heavy atom. The van der Waals surface area contributed by atoms with E-state index in [1.54, 1.807) is 0 Å². The molecule has 1 aromatic heterocycles. The summed E-state index contributed by atoms with van der Waals surface area (Å²) in [6, 6.07) is 30.6. The number of nitrogens with zero attached hydrogens (tertiary/aromatic N) is 1. The molecule has 0 bridgehead atoms. The first-order chi connectivity index (χ1) is 15.3. The van der Waals surface area contributed by atoms with Crippen molar-refractivity contribution < 1.29 is 0 Å². The number of fused-ring (bicyclic) bond motifs is 4.